The summed E-state index contributed by atoms with van der Waals surface area (Å²) in [5.41, 5.74) is 1.84. The van der Waals surface area contributed by atoms with Crippen molar-refractivity contribution in [2.24, 2.45) is 0 Å². The molecule has 1 atom stereocenters. The van der Waals surface area contributed by atoms with E-state index in [9.17, 15) is 14.4 Å². The fourth-order valence-corrected chi connectivity index (χ4v) is 4.37. The molecule has 4 amide bonds. The van der Waals surface area contributed by atoms with E-state index in [0.29, 0.717) is 62.8 Å². The van der Waals surface area contributed by atoms with Crippen molar-refractivity contribution in [3.8, 4) is 5.75 Å². The van der Waals surface area contributed by atoms with Gasteiger partial charge in [-0.15, -0.1) is 0 Å². The van der Waals surface area contributed by atoms with Crippen LogP contribution in [0, 0.1) is 0 Å². The number of amides is 4. The minimum Gasteiger partial charge on any atom is -0.497 e. The highest BCUT2D eigenvalue weighted by atomic mass is 16.5. The van der Waals surface area contributed by atoms with E-state index < -0.39 is 12.0 Å². The van der Waals surface area contributed by atoms with Crippen LogP contribution in [0.15, 0.2) is 35.5 Å². The van der Waals surface area contributed by atoms with E-state index in [4.69, 9.17) is 9.47 Å². The Kier molecular flexibility index (Phi) is 9.36. The van der Waals surface area contributed by atoms with E-state index in [1.54, 1.807) is 36.0 Å². The number of urea groups is 2. The number of ether oxygens (including phenoxy) is 2. The quantitative estimate of drug-likeness (QED) is 0.519. The van der Waals surface area contributed by atoms with Gasteiger partial charge < -0.3 is 25.0 Å². The van der Waals surface area contributed by atoms with Gasteiger partial charge in [0.2, 0.25) is 0 Å². The van der Waals surface area contributed by atoms with Gasteiger partial charge >= 0.3 is 18.0 Å². The lowest BCUT2D eigenvalue weighted by Crippen LogP contribution is -2.55. The molecule has 2 aliphatic heterocycles. The molecule has 10 heteroatoms. The topological polar surface area (TPSA) is 103 Å². The van der Waals surface area contributed by atoms with E-state index in [1.807, 2.05) is 26.0 Å². The van der Waals surface area contributed by atoms with Crippen molar-refractivity contribution in [3.05, 3.63) is 41.1 Å². The molecule has 0 bridgehead atoms. The average Bonchev–Trinajstić information content (AvgIpc) is 2.87. The third-order valence-electron chi connectivity index (χ3n) is 6.26. The van der Waals surface area contributed by atoms with Gasteiger partial charge in [0.25, 0.3) is 0 Å². The minimum absolute atomic E-state index is 0.0512. The summed E-state index contributed by atoms with van der Waals surface area (Å²) in [6.07, 6.45) is 0.890. The molecule has 2 heterocycles. The molecule has 10 nitrogen and oxygen atoms in total. The normalized spacial score (nSPS) is 18.9. The molecule has 0 spiro atoms. The number of carbonyl (C=O) groups is 3. The predicted molar refractivity (Wildman–Crippen MR) is 132 cm³/mol. The molecular formula is C25H37N5O5. The minimum atomic E-state index is -0.633. The largest absolute Gasteiger partial charge is 0.497 e. The zero-order chi connectivity index (χ0) is 25.4. The van der Waals surface area contributed by atoms with Crippen molar-refractivity contribution in [2.45, 2.75) is 33.2 Å². The maximum absolute atomic E-state index is 13.2. The van der Waals surface area contributed by atoms with Gasteiger partial charge in [-0.25, -0.2) is 14.4 Å². The first-order valence-corrected chi connectivity index (χ1v) is 12.3. The van der Waals surface area contributed by atoms with Crippen LogP contribution in [-0.2, 0) is 9.53 Å². The summed E-state index contributed by atoms with van der Waals surface area (Å²) in [5.74, 6) is 0.244. The van der Waals surface area contributed by atoms with E-state index in [-0.39, 0.29) is 18.7 Å². The Morgan fingerprint density at radius 3 is 2.34 bits per heavy atom. The van der Waals surface area contributed by atoms with Gasteiger partial charge in [0.1, 0.15) is 5.75 Å². The van der Waals surface area contributed by atoms with Crippen LogP contribution in [0.2, 0.25) is 0 Å². The van der Waals surface area contributed by atoms with Gasteiger partial charge in [-0.1, -0.05) is 19.1 Å². The van der Waals surface area contributed by atoms with Crippen LogP contribution in [-0.4, -0.2) is 92.3 Å². The summed E-state index contributed by atoms with van der Waals surface area (Å²) in [6, 6.07) is 6.36. The van der Waals surface area contributed by atoms with Crippen LogP contribution < -0.4 is 15.4 Å². The van der Waals surface area contributed by atoms with Crippen LogP contribution in [0.3, 0.4) is 0 Å². The Labute approximate surface area is 207 Å². The number of rotatable bonds is 9. The Hall–Kier alpha value is -3.27. The number of hydrogen-bond donors (Lipinski definition) is 2. The van der Waals surface area contributed by atoms with E-state index >= 15 is 0 Å². The molecule has 192 valence electrons. The molecular weight excluding hydrogens is 450 g/mol. The second-order valence-corrected chi connectivity index (χ2v) is 8.48. The number of hydrogen-bond acceptors (Lipinski definition) is 6. The first kappa shape index (κ1) is 26.3. The summed E-state index contributed by atoms with van der Waals surface area (Å²) in [7, 11) is 1.59. The molecule has 1 aromatic rings. The van der Waals surface area contributed by atoms with Gasteiger partial charge in [0, 0.05) is 51.5 Å². The van der Waals surface area contributed by atoms with Crippen molar-refractivity contribution in [3.63, 3.8) is 0 Å². The summed E-state index contributed by atoms with van der Waals surface area (Å²) >= 11 is 0. The second kappa shape index (κ2) is 12.4. The lowest BCUT2D eigenvalue weighted by Gasteiger charge is -2.40. The van der Waals surface area contributed by atoms with Gasteiger partial charge in [-0.05, 0) is 38.0 Å². The monoisotopic (exact) mass is 487 g/mol. The number of benzene rings is 1. The number of nitrogens with one attached hydrogen (secondary N) is 2. The second-order valence-electron chi connectivity index (χ2n) is 8.48. The number of methoxy groups -OCH3 is 1. The summed E-state index contributed by atoms with van der Waals surface area (Å²) < 4.78 is 10.7. The molecule has 3 rings (SSSR count). The Bertz CT molecular complexity index is 925. The predicted octanol–water partition coefficient (Wildman–Crippen LogP) is 2.34. The van der Waals surface area contributed by atoms with Crippen LogP contribution in [0.1, 0.15) is 38.8 Å². The molecule has 35 heavy (non-hydrogen) atoms. The maximum atomic E-state index is 13.2. The Balaban J connectivity index is 1.89. The molecule has 1 aromatic carbocycles. The highest BCUT2D eigenvalue weighted by Gasteiger charge is 2.38. The third-order valence-corrected chi connectivity index (χ3v) is 6.26. The van der Waals surface area contributed by atoms with Crippen LogP contribution in [0.5, 0.6) is 5.75 Å². The molecule has 0 radical (unpaired) electrons. The van der Waals surface area contributed by atoms with Crippen molar-refractivity contribution in [1.82, 2.24) is 25.3 Å². The van der Waals surface area contributed by atoms with Gasteiger partial charge in [0.05, 0.1) is 25.3 Å². The van der Waals surface area contributed by atoms with Crippen molar-refractivity contribution in [1.29, 1.82) is 0 Å². The lowest BCUT2D eigenvalue weighted by molar-refractivity contribution is -0.139. The summed E-state index contributed by atoms with van der Waals surface area (Å²) in [5, 5.41) is 5.89. The molecule has 1 saturated heterocycles. The van der Waals surface area contributed by atoms with Crippen molar-refractivity contribution >= 4 is 18.0 Å². The molecule has 0 saturated carbocycles. The summed E-state index contributed by atoms with van der Waals surface area (Å²) in [6.45, 7) is 9.83. The maximum Gasteiger partial charge on any atom is 0.338 e. The SMILES string of the molecule is CCCNC(=O)N1CCN(CC2=C(C(=O)OCC)C(c3ccc(OC)cc3)NC(=O)N2CC)CC1. The highest BCUT2D eigenvalue weighted by Crippen LogP contribution is 2.33. The number of esters is 1. The zero-order valence-corrected chi connectivity index (χ0v) is 21.1. The van der Waals surface area contributed by atoms with Crippen LogP contribution in [0.25, 0.3) is 0 Å². The van der Waals surface area contributed by atoms with Gasteiger partial charge in [-0.3, -0.25) is 9.80 Å². The fraction of sp³-hybridized carbons (Fsp3) is 0.560. The van der Waals surface area contributed by atoms with Gasteiger partial charge in [-0.2, -0.15) is 0 Å². The number of nitrogens with zero attached hydrogens (tertiary/aromatic N) is 3. The Morgan fingerprint density at radius 2 is 1.77 bits per heavy atom. The first-order valence-electron chi connectivity index (χ1n) is 12.3. The summed E-state index contributed by atoms with van der Waals surface area (Å²) in [4.78, 5) is 44.2. The van der Waals surface area contributed by atoms with Crippen molar-refractivity contribution in [2.75, 3.05) is 59.5 Å². The molecule has 1 fully saturated rings. The van der Waals surface area contributed by atoms with E-state index in [0.717, 1.165) is 12.0 Å². The Morgan fingerprint density at radius 1 is 1.09 bits per heavy atom. The standard InChI is InChI=1S/C25H37N5O5/c1-5-12-26-24(32)29-15-13-28(14-16-29)17-20-21(23(31)35-7-3)22(27-25(33)30(20)6-2)18-8-10-19(34-4)11-9-18/h8-11,22H,5-7,12-17H2,1-4H3,(H,26,32)(H,27,33). The molecule has 2 N–H and O–H groups in total. The van der Waals surface area contributed by atoms with Crippen LogP contribution in [0.4, 0.5) is 9.59 Å². The van der Waals surface area contributed by atoms with Crippen LogP contribution >= 0.6 is 0 Å². The number of likely N-dealkylation sites (N-methyl/N-ethyl adjacent to an activating group) is 1. The fourth-order valence-electron chi connectivity index (χ4n) is 4.37. The molecule has 0 aliphatic carbocycles. The van der Waals surface area contributed by atoms with Crippen molar-refractivity contribution < 1.29 is 23.9 Å². The van der Waals surface area contributed by atoms with E-state index in [1.165, 1.54) is 0 Å². The lowest BCUT2D eigenvalue weighted by atomic mass is 9.94. The van der Waals surface area contributed by atoms with Gasteiger partial charge in [0.15, 0.2) is 0 Å². The average molecular weight is 488 g/mol. The highest BCUT2D eigenvalue weighted by molar-refractivity contribution is 5.95. The molecule has 1 unspecified atom stereocenters. The number of carbonyl (C=O) groups excluding carboxylic acids is 3. The zero-order valence-electron chi connectivity index (χ0n) is 21.1. The van der Waals surface area contributed by atoms with E-state index in [2.05, 4.69) is 15.5 Å². The first-order chi connectivity index (χ1) is 16.9. The molecule has 0 aromatic heterocycles. The molecule has 2 aliphatic rings. The number of piperazine rings is 1. The third kappa shape index (κ3) is 6.25. The smallest absolute Gasteiger partial charge is 0.338 e.